The third-order valence-corrected chi connectivity index (χ3v) is 4.79. The molecule has 2 aromatic rings. The van der Waals surface area contributed by atoms with E-state index in [4.69, 9.17) is 4.74 Å². The number of carbonyl (C=O) groups is 3. The monoisotopic (exact) mass is 380 g/mol. The van der Waals surface area contributed by atoms with Gasteiger partial charge in [-0.3, -0.25) is 9.59 Å². The predicted molar refractivity (Wildman–Crippen MR) is 107 cm³/mol. The molecule has 1 saturated heterocycles. The summed E-state index contributed by atoms with van der Waals surface area (Å²) in [5.41, 5.74) is 2.89. The standard InChI is InChI=1S/C22H24N2O4/c1-3-15-8-10-19(11-9-15)24-14-17(13-20(24)25)21(26)23-18-7-5-6-16(12-18)22(27)28-4-2/h5-12,17H,3-4,13-14H2,1-2H3,(H,23,26). The fourth-order valence-electron chi connectivity index (χ4n) is 3.23. The number of anilines is 2. The van der Waals surface area contributed by atoms with E-state index >= 15 is 0 Å². The van der Waals surface area contributed by atoms with Gasteiger partial charge in [-0.1, -0.05) is 25.1 Å². The van der Waals surface area contributed by atoms with E-state index in [-0.39, 0.29) is 24.8 Å². The Morgan fingerprint density at radius 3 is 2.57 bits per heavy atom. The lowest BCUT2D eigenvalue weighted by Gasteiger charge is -2.17. The van der Waals surface area contributed by atoms with Crippen LogP contribution in [-0.4, -0.2) is 30.9 Å². The van der Waals surface area contributed by atoms with Crippen LogP contribution in [0, 0.1) is 5.92 Å². The fourth-order valence-corrected chi connectivity index (χ4v) is 3.23. The van der Waals surface area contributed by atoms with Crippen LogP contribution in [-0.2, 0) is 20.7 Å². The first-order chi connectivity index (χ1) is 13.5. The van der Waals surface area contributed by atoms with Gasteiger partial charge < -0.3 is 15.0 Å². The third kappa shape index (κ3) is 4.39. The number of esters is 1. The minimum Gasteiger partial charge on any atom is -0.462 e. The molecule has 6 heteroatoms. The lowest BCUT2D eigenvalue weighted by Crippen LogP contribution is -2.28. The average molecular weight is 380 g/mol. The first-order valence-electron chi connectivity index (χ1n) is 9.49. The van der Waals surface area contributed by atoms with Crippen molar-refractivity contribution in [2.45, 2.75) is 26.7 Å². The van der Waals surface area contributed by atoms with Crippen LogP contribution in [0.2, 0.25) is 0 Å². The summed E-state index contributed by atoms with van der Waals surface area (Å²) in [4.78, 5) is 38.5. The summed E-state index contributed by atoms with van der Waals surface area (Å²) in [6.07, 6.45) is 1.10. The molecule has 0 aromatic heterocycles. The summed E-state index contributed by atoms with van der Waals surface area (Å²) in [7, 11) is 0. The summed E-state index contributed by atoms with van der Waals surface area (Å²) in [5.74, 6) is -1.17. The summed E-state index contributed by atoms with van der Waals surface area (Å²) >= 11 is 0. The Kier molecular flexibility index (Phi) is 6.09. The maximum Gasteiger partial charge on any atom is 0.338 e. The summed E-state index contributed by atoms with van der Waals surface area (Å²) in [6, 6.07) is 14.4. The van der Waals surface area contributed by atoms with Crippen molar-refractivity contribution in [3.63, 3.8) is 0 Å². The molecule has 1 aliphatic rings. The molecule has 3 rings (SSSR count). The van der Waals surface area contributed by atoms with E-state index in [9.17, 15) is 14.4 Å². The number of benzene rings is 2. The van der Waals surface area contributed by atoms with Gasteiger partial charge in [0.05, 0.1) is 18.1 Å². The van der Waals surface area contributed by atoms with Gasteiger partial charge in [0.1, 0.15) is 0 Å². The maximum atomic E-state index is 12.6. The number of amides is 2. The van der Waals surface area contributed by atoms with Crippen molar-refractivity contribution in [3.8, 4) is 0 Å². The van der Waals surface area contributed by atoms with Gasteiger partial charge in [0.2, 0.25) is 11.8 Å². The van der Waals surface area contributed by atoms with Gasteiger partial charge in [0.25, 0.3) is 0 Å². The highest BCUT2D eigenvalue weighted by Gasteiger charge is 2.35. The average Bonchev–Trinajstić information content (AvgIpc) is 3.10. The van der Waals surface area contributed by atoms with E-state index in [2.05, 4.69) is 12.2 Å². The highest BCUT2D eigenvalue weighted by Crippen LogP contribution is 2.26. The van der Waals surface area contributed by atoms with Crippen LogP contribution >= 0.6 is 0 Å². The smallest absolute Gasteiger partial charge is 0.338 e. The van der Waals surface area contributed by atoms with Crippen molar-refractivity contribution in [1.82, 2.24) is 0 Å². The molecule has 0 saturated carbocycles. The molecule has 1 fully saturated rings. The molecule has 1 aliphatic heterocycles. The van der Waals surface area contributed by atoms with Crippen LogP contribution < -0.4 is 10.2 Å². The quantitative estimate of drug-likeness (QED) is 0.779. The molecule has 0 spiro atoms. The van der Waals surface area contributed by atoms with Crippen molar-refractivity contribution < 1.29 is 19.1 Å². The van der Waals surface area contributed by atoms with Crippen molar-refractivity contribution in [2.75, 3.05) is 23.4 Å². The van der Waals surface area contributed by atoms with Crippen molar-refractivity contribution in [1.29, 1.82) is 0 Å². The van der Waals surface area contributed by atoms with Crippen LogP contribution in [0.1, 0.15) is 36.2 Å². The molecule has 1 N–H and O–H groups in total. The van der Waals surface area contributed by atoms with E-state index in [1.165, 1.54) is 5.56 Å². The van der Waals surface area contributed by atoms with Gasteiger partial charge in [-0.05, 0) is 49.2 Å². The zero-order chi connectivity index (χ0) is 20.1. The second-order valence-corrected chi connectivity index (χ2v) is 6.72. The van der Waals surface area contributed by atoms with Crippen LogP contribution in [0.25, 0.3) is 0 Å². The first-order valence-corrected chi connectivity index (χ1v) is 9.49. The molecule has 0 radical (unpaired) electrons. The van der Waals surface area contributed by atoms with Gasteiger partial charge in [-0.2, -0.15) is 0 Å². The molecule has 1 atom stereocenters. The number of nitrogens with zero attached hydrogens (tertiary/aromatic N) is 1. The molecule has 0 aliphatic carbocycles. The molecule has 1 unspecified atom stereocenters. The number of carbonyl (C=O) groups excluding carboxylic acids is 3. The van der Waals surface area contributed by atoms with Gasteiger partial charge in [0.15, 0.2) is 0 Å². The zero-order valence-electron chi connectivity index (χ0n) is 16.1. The second kappa shape index (κ2) is 8.69. The molecule has 28 heavy (non-hydrogen) atoms. The lowest BCUT2D eigenvalue weighted by molar-refractivity contribution is -0.122. The van der Waals surface area contributed by atoms with Crippen LogP contribution in [0.4, 0.5) is 11.4 Å². The molecular formula is C22H24N2O4. The molecule has 6 nitrogen and oxygen atoms in total. The van der Waals surface area contributed by atoms with Crippen LogP contribution in [0.3, 0.4) is 0 Å². The van der Waals surface area contributed by atoms with Gasteiger partial charge in [-0.15, -0.1) is 0 Å². The molecule has 1 heterocycles. The van der Waals surface area contributed by atoms with E-state index in [1.54, 1.807) is 36.1 Å². The number of ether oxygens (including phenoxy) is 1. The number of hydrogen-bond acceptors (Lipinski definition) is 4. The highest BCUT2D eigenvalue weighted by atomic mass is 16.5. The van der Waals surface area contributed by atoms with E-state index in [0.717, 1.165) is 12.1 Å². The Morgan fingerprint density at radius 2 is 1.89 bits per heavy atom. The van der Waals surface area contributed by atoms with E-state index in [0.29, 0.717) is 17.8 Å². The number of rotatable bonds is 6. The maximum absolute atomic E-state index is 12.6. The summed E-state index contributed by atoms with van der Waals surface area (Å²) in [5, 5.41) is 2.81. The molecular weight excluding hydrogens is 356 g/mol. The number of nitrogens with one attached hydrogen (secondary N) is 1. The van der Waals surface area contributed by atoms with Crippen LogP contribution in [0.5, 0.6) is 0 Å². The zero-order valence-corrected chi connectivity index (χ0v) is 16.1. The van der Waals surface area contributed by atoms with Crippen LogP contribution in [0.15, 0.2) is 48.5 Å². The van der Waals surface area contributed by atoms with E-state index in [1.807, 2.05) is 24.3 Å². The minimum atomic E-state index is -0.440. The molecule has 146 valence electrons. The molecule has 0 bridgehead atoms. The second-order valence-electron chi connectivity index (χ2n) is 6.72. The summed E-state index contributed by atoms with van der Waals surface area (Å²) < 4.78 is 4.98. The lowest BCUT2D eigenvalue weighted by atomic mass is 10.1. The Morgan fingerprint density at radius 1 is 1.14 bits per heavy atom. The summed E-state index contributed by atoms with van der Waals surface area (Å²) in [6.45, 7) is 4.44. The van der Waals surface area contributed by atoms with Crippen molar-refractivity contribution in [3.05, 3.63) is 59.7 Å². The largest absolute Gasteiger partial charge is 0.462 e. The number of aryl methyl sites for hydroxylation is 1. The fraction of sp³-hybridized carbons (Fsp3) is 0.318. The van der Waals surface area contributed by atoms with E-state index < -0.39 is 11.9 Å². The normalized spacial score (nSPS) is 16.1. The Labute approximate surface area is 164 Å². The number of hydrogen-bond donors (Lipinski definition) is 1. The minimum absolute atomic E-state index is 0.0651. The topological polar surface area (TPSA) is 75.7 Å². The Hall–Kier alpha value is -3.15. The SMILES string of the molecule is CCOC(=O)c1cccc(NC(=O)C2CC(=O)N(c3ccc(CC)cc3)C2)c1. The highest BCUT2D eigenvalue weighted by molar-refractivity contribution is 6.03. The Bertz CT molecular complexity index is 876. The van der Waals surface area contributed by atoms with Gasteiger partial charge >= 0.3 is 5.97 Å². The van der Waals surface area contributed by atoms with Crippen molar-refractivity contribution in [2.24, 2.45) is 5.92 Å². The Balaban J connectivity index is 1.66. The molecule has 2 amide bonds. The van der Waals surface area contributed by atoms with Gasteiger partial charge in [-0.25, -0.2) is 4.79 Å². The predicted octanol–water partition coefficient (Wildman–Crippen LogP) is 3.42. The van der Waals surface area contributed by atoms with Crippen molar-refractivity contribution >= 4 is 29.2 Å². The molecule has 2 aromatic carbocycles. The van der Waals surface area contributed by atoms with Gasteiger partial charge in [0, 0.05) is 24.3 Å². The first kappa shape index (κ1) is 19.6. The third-order valence-electron chi connectivity index (χ3n) is 4.79.